The van der Waals surface area contributed by atoms with Gasteiger partial charge in [0.1, 0.15) is 11.2 Å². The predicted molar refractivity (Wildman–Crippen MR) is 209 cm³/mol. The summed E-state index contributed by atoms with van der Waals surface area (Å²) >= 11 is 0. The summed E-state index contributed by atoms with van der Waals surface area (Å²) in [5.41, 5.74) is 8.95. The van der Waals surface area contributed by atoms with Gasteiger partial charge >= 0.3 is 0 Å². The summed E-state index contributed by atoms with van der Waals surface area (Å²) in [6.45, 7) is 0. The van der Waals surface area contributed by atoms with Crippen LogP contribution in [-0.4, -0.2) is 15.0 Å². The van der Waals surface area contributed by atoms with E-state index in [0.717, 1.165) is 60.5 Å². The zero-order valence-electron chi connectivity index (χ0n) is 27.5. The van der Waals surface area contributed by atoms with Gasteiger partial charge in [-0.1, -0.05) is 146 Å². The molecule has 0 radical (unpaired) electrons. The molecule has 0 aliphatic carbocycles. The fraction of sp³-hybridized carbons (Fsp3) is 0. The summed E-state index contributed by atoms with van der Waals surface area (Å²) < 4.78 is 6.27. The summed E-state index contributed by atoms with van der Waals surface area (Å²) in [5, 5.41) is 6.76. The van der Waals surface area contributed by atoms with Crippen LogP contribution in [0.1, 0.15) is 0 Å². The van der Waals surface area contributed by atoms with E-state index in [1.807, 2.05) is 36.4 Å². The molecule has 0 N–H and O–H groups in total. The van der Waals surface area contributed by atoms with Gasteiger partial charge in [0.05, 0.1) is 0 Å². The maximum absolute atomic E-state index is 6.27. The van der Waals surface area contributed by atoms with Crippen molar-refractivity contribution < 1.29 is 4.42 Å². The first kappa shape index (κ1) is 29.0. The van der Waals surface area contributed by atoms with E-state index in [9.17, 15) is 0 Å². The molecule has 10 rings (SSSR count). The van der Waals surface area contributed by atoms with Crippen LogP contribution in [0.15, 0.2) is 180 Å². The van der Waals surface area contributed by atoms with Gasteiger partial charge in [-0.3, -0.25) is 0 Å². The molecular formula is C47H29N3O. The second-order valence-corrected chi connectivity index (χ2v) is 12.8. The van der Waals surface area contributed by atoms with Gasteiger partial charge in [-0.05, 0) is 74.1 Å². The molecule has 0 aliphatic rings. The molecule has 8 aromatic carbocycles. The Morgan fingerprint density at radius 3 is 1.82 bits per heavy atom. The maximum Gasteiger partial charge on any atom is 0.164 e. The zero-order chi connectivity index (χ0) is 33.7. The minimum atomic E-state index is 0.597. The molecule has 0 aliphatic heterocycles. The summed E-state index contributed by atoms with van der Waals surface area (Å²) in [7, 11) is 0. The number of aromatic nitrogens is 3. The van der Waals surface area contributed by atoms with Crippen molar-refractivity contribution in [3.8, 4) is 56.4 Å². The highest BCUT2D eigenvalue weighted by Crippen LogP contribution is 2.38. The van der Waals surface area contributed by atoms with Crippen molar-refractivity contribution >= 4 is 43.5 Å². The summed E-state index contributed by atoms with van der Waals surface area (Å²) in [6, 6.07) is 61.2. The normalized spacial score (nSPS) is 11.5. The Kier molecular flexibility index (Phi) is 6.78. The van der Waals surface area contributed by atoms with E-state index in [-0.39, 0.29) is 0 Å². The average molecular weight is 652 g/mol. The van der Waals surface area contributed by atoms with E-state index in [2.05, 4.69) is 140 Å². The lowest BCUT2D eigenvalue weighted by Gasteiger charge is -2.12. The first-order valence-electron chi connectivity index (χ1n) is 17.1. The fourth-order valence-electron chi connectivity index (χ4n) is 7.20. The minimum absolute atomic E-state index is 0.597. The maximum atomic E-state index is 6.27. The van der Waals surface area contributed by atoms with Crippen LogP contribution in [0.4, 0.5) is 0 Å². The van der Waals surface area contributed by atoms with Crippen LogP contribution in [-0.2, 0) is 0 Å². The van der Waals surface area contributed by atoms with Crippen LogP contribution in [0.3, 0.4) is 0 Å². The largest absolute Gasteiger partial charge is 0.456 e. The Labute approximate surface area is 294 Å². The van der Waals surface area contributed by atoms with Crippen LogP contribution >= 0.6 is 0 Å². The van der Waals surface area contributed by atoms with Gasteiger partial charge < -0.3 is 4.42 Å². The molecule has 51 heavy (non-hydrogen) atoms. The van der Waals surface area contributed by atoms with Gasteiger partial charge in [-0.2, -0.15) is 0 Å². The molecule has 0 unspecified atom stereocenters. The van der Waals surface area contributed by atoms with E-state index in [1.54, 1.807) is 0 Å². The van der Waals surface area contributed by atoms with Crippen LogP contribution in [0.25, 0.3) is 99.9 Å². The molecule has 10 aromatic rings. The third kappa shape index (κ3) is 5.13. The predicted octanol–water partition coefficient (Wildman–Crippen LogP) is 12.4. The van der Waals surface area contributed by atoms with Crippen LogP contribution in [0.5, 0.6) is 0 Å². The van der Waals surface area contributed by atoms with Crippen molar-refractivity contribution in [1.82, 2.24) is 15.0 Å². The van der Waals surface area contributed by atoms with Crippen molar-refractivity contribution in [1.29, 1.82) is 0 Å². The average Bonchev–Trinajstić information content (AvgIpc) is 3.59. The molecule has 0 bridgehead atoms. The van der Waals surface area contributed by atoms with Crippen LogP contribution < -0.4 is 0 Å². The lowest BCUT2D eigenvalue weighted by atomic mass is 9.95. The quantitative estimate of drug-likeness (QED) is 0.186. The molecule has 0 saturated heterocycles. The highest BCUT2D eigenvalue weighted by molar-refractivity contribution is 6.11. The molecule has 0 saturated carbocycles. The fourth-order valence-corrected chi connectivity index (χ4v) is 7.20. The van der Waals surface area contributed by atoms with Gasteiger partial charge in [0.25, 0.3) is 0 Å². The lowest BCUT2D eigenvalue weighted by molar-refractivity contribution is 0.669. The minimum Gasteiger partial charge on any atom is -0.456 e. The lowest BCUT2D eigenvalue weighted by Crippen LogP contribution is -2.00. The van der Waals surface area contributed by atoms with E-state index >= 15 is 0 Å². The van der Waals surface area contributed by atoms with E-state index < -0.39 is 0 Å². The monoisotopic (exact) mass is 651 g/mol. The Bertz CT molecular complexity index is 2930. The number of fused-ring (bicyclic) bond motifs is 5. The van der Waals surface area contributed by atoms with Gasteiger partial charge in [0.15, 0.2) is 17.5 Å². The second-order valence-electron chi connectivity index (χ2n) is 12.8. The summed E-state index contributed by atoms with van der Waals surface area (Å²) in [5.74, 6) is 1.82. The Hall–Kier alpha value is -6.91. The standard InChI is InChI=1S/C47H29N3O/c1-2-11-30(12-3-1)34-16-8-17-36(28-34)45-48-46(50-47(49-45)40-20-10-22-43-44(40)39-18-6-7-21-42(39)51-43)37-26-24-32-15-9-19-38(41(32)29-37)35-25-23-31-13-4-5-14-33(31)27-35/h1-29H. The molecule has 0 spiro atoms. The molecule has 2 aromatic heterocycles. The molecule has 4 nitrogen and oxygen atoms in total. The van der Waals surface area contributed by atoms with E-state index in [0.29, 0.717) is 17.5 Å². The first-order valence-corrected chi connectivity index (χ1v) is 17.1. The van der Waals surface area contributed by atoms with Crippen molar-refractivity contribution in [3.63, 3.8) is 0 Å². The number of hydrogen-bond acceptors (Lipinski definition) is 4. The number of nitrogens with zero attached hydrogens (tertiary/aromatic N) is 3. The highest BCUT2D eigenvalue weighted by Gasteiger charge is 2.18. The van der Waals surface area contributed by atoms with Gasteiger partial charge in [0, 0.05) is 27.5 Å². The molecule has 2 heterocycles. The SMILES string of the molecule is c1ccc(-c2cccc(-c3nc(-c4ccc5cccc(-c6ccc7ccccc7c6)c5c4)nc(-c4cccc5oc6ccccc6c45)n3)c2)cc1. The number of furan rings is 1. The smallest absolute Gasteiger partial charge is 0.164 e. The summed E-state index contributed by atoms with van der Waals surface area (Å²) in [6.07, 6.45) is 0. The van der Waals surface area contributed by atoms with Crippen LogP contribution in [0, 0.1) is 0 Å². The van der Waals surface area contributed by atoms with Crippen molar-refractivity contribution in [2.24, 2.45) is 0 Å². The third-order valence-electron chi connectivity index (χ3n) is 9.71. The molecular weight excluding hydrogens is 623 g/mol. The van der Waals surface area contributed by atoms with Crippen LogP contribution in [0.2, 0.25) is 0 Å². The van der Waals surface area contributed by atoms with Gasteiger partial charge in [-0.25, -0.2) is 15.0 Å². The number of para-hydroxylation sites is 1. The third-order valence-corrected chi connectivity index (χ3v) is 9.71. The van der Waals surface area contributed by atoms with Crippen molar-refractivity contribution in [2.45, 2.75) is 0 Å². The molecule has 0 amide bonds. The highest BCUT2D eigenvalue weighted by atomic mass is 16.3. The molecule has 238 valence electrons. The molecule has 4 heteroatoms. The van der Waals surface area contributed by atoms with E-state index in [1.165, 1.54) is 21.9 Å². The molecule has 0 fully saturated rings. The zero-order valence-corrected chi connectivity index (χ0v) is 27.5. The topological polar surface area (TPSA) is 51.8 Å². The van der Waals surface area contributed by atoms with Gasteiger partial charge in [0.2, 0.25) is 0 Å². The second kappa shape index (κ2) is 11.9. The Balaban J connectivity index is 1.19. The van der Waals surface area contributed by atoms with Crippen molar-refractivity contribution in [3.05, 3.63) is 176 Å². The van der Waals surface area contributed by atoms with Crippen molar-refractivity contribution in [2.75, 3.05) is 0 Å². The van der Waals surface area contributed by atoms with E-state index in [4.69, 9.17) is 19.4 Å². The molecule has 0 atom stereocenters. The number of hydrogen-bond donors (Lipinski definition) is 0. The Morgan fingerprint density at radius 2 is 0.922 bits per heavy atom. The summed E-state index contributed by atoms with van der Waals surface area (Å²) in [4.78, 5) is 15.5. The van der Waals surface area contributed by atoms with Gasteiger partial charge in [-0.15, -0.1) is 0 Å². The Morgan fingerprint density at radius 1 is 0.314 bits per heavy atom. The number of rotatable bonds is 5. The first-order chi connectivity index (χ1) is 25.2. The number of benzene rings is 8.